The van der Waals surface area contributed by atoms with Gasteiger partial charge in [-0.1, -0.05) is 12.8 Å². The van der Waals surface area contributed by atoms with Gasteiger partial charge in [-0.2, -0.15) is 0 Å². The van der Waals surface area contributed by atoms with Crippen LogP contribution < -0.4 is 0 Å². The number of amides is 2. The molecule has 0 bridgehead atoms. The molecule has 2 rings (SSSR count). The summed E-state index contributed by atoms with van der Waals surface area (Å²) in [5.74, 6) is 0.819. The van der Waals surface area contributed by atoms with E-state index in [-0.39, 0.29) is 24.4 Å². The van der Waals surface area contributed by atoms with Gasteiger partial charge in [0.15, 0.2) is 5.76 Å². The van der Waals surface area contributed by atoms with Crippen molar-refractivity contribution in [2.45, 2.75) is 52.5 Å². The van der Waals surface area contributed by atoms with Crippen LogP contribution in [0, 0.1) is 6.92 Å². The van der Waals surface area contributed by atoms with Crippen LogP contribution in [0.4, 0.5) is 0 Å². The van der Waals surface area contributed by atoms with Gasteiger partial charge in [0.2, 0.25) is 5.91 Å². The number of nitrogens with zero attached hydrogens (tertiary/aromatic N) is 2. The maximum absolute atomic E-state index is 12.5. The van der Waals surface area contributed by atoms with Crippen LogP contribution in [0.3, 0.4) is 0 Å². The number of furan rings is 1. The molecule has 2 amide bonds. The Bertz CT molecular complexity index is 514. The highest BCUT2D eigenvalue weighted by molar-refractivity contribution is 5.94. The van der Waals surface area contributed by atoms with Gasteiger partial charge in [0.1, 0.15) is 12.3 Å². The minimum absolute atomic E-state index is 0.0345. The van der Waals surface area contributed by atoms with E-state index in [9.17, 15) is 9.59 Å². The molecule has 1 aliphatic heterocycles. The first-order chi connectivity index (χ1) is 10.5. The van der Waals surface area contributed by atoms with Crippen molar-refractivity contribution in [3.05, 3.63) is 23.7 Å². The molecule has 0 aromatic carbocycles. The molecule has 5 heteroatoms. The van der Waals surface area contributed by atoms with Crippen LogP contribution in [0.15, 0.2) is 16.5 Å². The van der Waals surface area contributed by atoms with E-state index in [4.69, 9.17) is 4.42 Å². The first kappa shape index (κ1) is 16.6. The molecule has 0 radical (unpaired) electrons. The molecule has 0 atom stereocenters. The van der Waals surface area contributed by atoms with Gasteiger partial charge >= 0.3 is 0 Å². The lowest BCUT2D eigenvalue weighted by molar-refractivity contribution is -0.132. The Labute approximate surface area is 132 Å². The van der Waals surface area contributed by atoms with Gasteiger partial charge in [0.05, 0.1) is 0 Å². The lowest BCUT2D eigenvalue weighted by Crippen LogP contribution is -2.46. The smallest absolute Gasteiger partial charge is 0.290 e. The third kappa shape index (κ3) is 4.12. The third-order valence-corrected chi connectivity index (χ3v) is 4.10. The van der Waals surface area contributed by atoms with E-state index in [1.54, 1.807) is 24.0 Å². The van der Waals surface area contributed by atoms with Crippen molar-refractivity contribution >= 4 is 11.8 Å². The first-order valence-electron chi connectivity index (χ1n) is 8.14. The number of hydrogen-bond donors (Lipinski definition) is 0. The Hall–Kier alpha value is -1.78. The quantitative estimate of drug-likeness (QED) is 0.859. The Balaban J connectivity index is 2.04. The van der Waals surface area contributed by atoms with Crippen LogP contribution in [-0.4, -0.2) is 47.3 Å². The van der Waals surface area contributed by atoms with E-state index in [0.29, 0.717) is 11.5 Å². The lowest BCUT2D eigenvalue weighted by Gasteiger charge is -2.29. The summed E-state index contributed by atoms with van der Waals surface area (Å²) in [5, 5.41) is 0. The molecule has 0 saturated carbocycles. The number of likely N-dealkylation sites (tertiary alicyclic amines) is 1. The zero-order chi connectivity index (χ0) is 16.1. The molecule has 22 heavy (non-hydrogen) atoms. The minimum Gasteiger partial charge on any atom is -0.456 e. The molecule has 0 spiro atoms. The molecule has 2 heterocycles. The third-order valence-electron chi connectivity index (χ3n) is 4.10. The van der Waals surface area contributed by atoms with Crippen molar-refractivity contribution in [2.75, 3.05) is 19.6 Å². The summed E-state index contributed by atoms with van der Waals surface area (Å²) in [6, 6.07) is 3.39. The minimum atomic E-state index is -0.216. The topological polar surface area (TPSA) is 53.8 Å². The number of rotatable bonds is 4. The summed E-state index contributed by atoms with van der Waals surface area (Å²) in [6.07, 6.45) is 4.47. The van der Waals surface area contributed by atoms with Crippen molar-refractivity contribution in [1.29, 1.82) is 0 Å². The van der Waals surface area contributed by atoms with Crippen molar-refractivity contribution in [1.82, 2.24) is 9.80 Å². The highest BCUT2D eigenvalue weighted by Crippen LogP contribution is 2.14. The maximum Gasteiger partial charge on any atom is 0.290 e. The average Bonchev–Trinajstić information content (AvgIpc) is 2.75. The second kappa shape index (κ2) is 7.47. The standard InChI is InChI=1S/C17H26N2O3/c1-13(2)19(17(21)15-9-8-14(3)22-15)12-16(20)18-10-6-4-5-7-11-18/h8-9,13H,4-7,10-12H2,1-3H3. The van der Waals surface area contributed by atoms with E-state index in [1.165, 1.54) is 12.8 Å². The monoisotopic (exact) mass is 306 g/mol. The highest BCUT2D eigenvalue weighted by Gasteiger charge is 2.26. The van der Waals surface area contributed by atoms with Crippen LogP contribution in [0.5, 0.6) is 0 Å². The molecule has 1 fully saturated rings. The van der Waals surface area contributed by atoms with Gasteiger partial charge in [-0.15, -0.1) is 0 Å². The molecule has 1 aromatic heterocycles. The Morgan fingerprint density at radius 1 is 1.18 bits per heavy atom. The zero-order valence-electron chi connectivity index (χ0n) is 13.8. The second-order valence-electron chi connectivity index (χ2n) is 6.23. The lowest BCUT2D eigenvalue weighted by atomic mass is 10.2. The number of carbonyl (C=O) groups is 2. The van der Waals surface area contributed by atoms with Crippen LogP contribution in [0.25, 0.3) is 0 Å². The van der Waals surface area contributed by atoms with Crippen LogP contribution >= 0.6 is 0 Å². The average molecular weight is 306 g/mol. The van der Waals surface area contributed by atoms with Gasteiger partial charge in [-0.25, -0.2) is 0 Å². The molecule has 1 saturated heterocycles. The summed E-state index contributed by atoms with van der Waals surface area (Å²) in [6.45, 7) is 7.37. The Morgan fingerprint density at radius 2 is 1.82 bits per heavy atom. The van der Waals surface area contributed by atoms with Crippen molar-refractivity contribution in [2.24, 2.45) is 0 Å². The predicted octanol–water partition coefficient (Wildman–Crippen LogP) is 2.84. The van der Waals surface area contributed by atoms with E-state index in [0.717, 1.165) is 25.9 Å². The first-order valence-corrected chi connectivity index (χ1v) is 8.14. The largest absolute Gasteiger partial charge is 0.456 e. The van der Waals surface area contributed by atoms with Crippen molar-refractivity contribution in [3.8, 4) is 0 Å². The Kier molecular flexibility index (Phi) is 5.63. The van der Waals surface area contributed by atoms with Gasteiger partial charge in [0.25, 0.3) is 5.91 Å². The summed E-state index contributed by atoms with van der Waals surface area (Å²) >= 11 is 0. The summed E-state index contributed by atoms with van der Waals surface area (Å²) in [4.78, 5) is 28.5. The summed E-state index contributed by atoms with van der Waals surface area (Å²) in [7, 11) is 0. The van der Waals surface area contributed by atoms with Crippen molar-refractivity contribution in [3.63, 3.8) is 0 Å². The fourth-order valence-electron chi connectivity index (χ4n) is 2.75. The van der Waals surface area contributed by atoms with Crippen LogP contribution in [-0.2, 0) is 4.79 Å². The number of aryl methyl sites for hydroxylation is 1. The fraction of sp³-hybridized carbons (Fsp3) is 0.647. The van der Waals surface area contributed by atoms with Gasteiger partial charge < -0.3 is 14.2 Å². The van der Waals surface area contributed by atoms with Crippen LogP contribution in [0.2, 0.25) is 0 Å². The summed E-state index contributed by atoms with van der Waals surface area (Å²) in [5.41, 5.74) is 0. The van der Waals surface area contributed by atoms with Crippen LogP contribution in [0.1, 0.15) is 55.8 Å². The van der Waals surface area contributed by atoms with E-state index >= 15 is 0 Å². The van der Waals surface area contributed by atoms with Gasteiger partial charge in [0, 0.05) is 19.1 Å². The predicted molar refractivity (Wildman–Crippen MR) is 84.7 cm³/mol. The molecular weight excluding hydrogens is 280 g/mol. The van der Waals surface area contributed by atoms with Gasteiger partial charge in [-0.3, -0.25) is 9.59 Å². The summed E-state index contributed by atoms with van der Waals surface area (Å²) < 4.78 is 5.41. The molecule has 0 N–H and O–H groups in total. The fourth-order valence-corrected chi connectivity index (χ4v) is 2.75. The molecule has 122 valence electrons. The van der Waals surface area contributed by atoms with E-state index in [2.05, 4.69) is 0 Å². The normalized spacial score (nSPS) is 15.7. The number of carbonyl (C=O) groups excluding carboxylic acids is 2. The highest BCUT2D eigenvalue weighted by atomic mass is 16.3. The molecule has 1 aliphatic rings. The maximum atomic E-state index is 12.5. The molecule has 5 nitrogen and oxygen atoms in total. The number of hydrogen-bond acceptors (Lipinski definition) is 3. The van der Waals surface area contributed by atoms with E-state index in [1.807, 2.05) is 18.7 Å². The zero-order valence-corrected chi connectivity index (χ0v) is 13.8. The molecule has 0 aliphatic carbocycles. The van der Waals surface area contributed by atoms with Crippen molar-refractivity contribution < 1.29 is 14.0 Å². The SMILES string of the molecule is Cc1ccc(C(=O)N(CC(=O)N2CCCCCC2)C(C)C)o1. The molecule has 1 aromatic rings. The van der Waals surface area contributed by atoms with Gasteiger partial charge in [-0.05, 0) is 45.7 Å². The Morgan fingerprint density at radius 3 is 2.32 bits per heavy atom. The molecular formula is C17H26N2O3. The van der Waals surface area contributed by atoms with E-state index < -0.39 is 0 Å². The molecule has 0 unspecified atom stereocenters. The second-order valence-corrected chi connectivity index (χ2v) is 6.23.